The Morgan fingerprint density at radius 2 is 1.87 bits per heavy atom. The van der Waals surface area contributed by atoms with E-state index in [0.717, 1.165) is 39.5 Å². The van der Waals surface area contributed by atoms with E-state index in [1.165, 1.54) is 6.92 Å². The van der Waals surface area contributed by atoms with Gasteiger partial charge < -0.3 is 10.2 Å². The van der Waals surface area contributed by atoms with Gasteiger partial charge in [-0.15, -0.1) is 0 Å². The van der Waals surface area contributed by atoms with Crippen molar-refractivity contribution >= 4 is 67.7 Å². The number of halogens is 2. The Labute approximate surface area is 239 Å². The molecule has 0 aliphatic carbocycles. The van der Waals surface area contributed by atoms with E-state index in [9.17, 15) is 17.8 Å². The number of allylic oxidation sites excluding steroid dienone is 3. The largest absolute Gasteiger partial charge is 0.347 e. The van der Waals surface area contributed by atoms with Gasteiger partial charge in [0.25, 0.3) is 15.9 Å². The Morgan fingerprint density at radius 1 is 1.18 bits per heavy atom. The van der Waals surface area contributed by atoms with E-state index >= 15 is 0 Å². The first-order valence-corrected chi connectivity index (χ1v) is 15.0. The molecule has 1 aliphatic heterocycles. The molecule has 8 nitrogen and oxygen atoms in total. The molecule has 2 aromatic carbocycles. The fraction of sp³-hybridized carbons (Fsp3) is 0.357. The number of aromatic nitrogens is 2. The van der Waals surface area contributed by atoms with Crippen molar-refractivity contribution in [1.29, 1.82) is 0 Å². The molecular formula is C28H33Cl2N4O4S+. The molecule has 1 aromatic heterocycles. The molecule has 1 aliphatic rings. The summed E-state index contributed by atoms with van der Waals surface area (Å²) in [6, 6.07) is 9.53. The van der Waals surface area contributed by atoms with Crippen LogP contribution in [0.1, 0.15) is 45.5 Å². The molecule has 3 aromatic rings. The smallest absolute Gasteiger partial charge is 0.282 e. The maximum absolute atomic E-state index is 11.6. The number of hydrogen-bond acceptors (Lipinski definition) is 4. The summed E-state index contributed by atoms with van der Waals surface area (Å²) in [6.45, 7) is 8.83. The Balaban J connectivity index is 1.76. The van der Waals surface area contributed by atoms with Crippen LogP contribution >= 0.6 is 23.2 Å². The monoisotopic (exact) mass is 591 g/mol. The predicted octanol–water partition coefficient (Wildman–Crippen LogP) is 5.82. The van der Waals surface area contributed by atoms with Gasteiger partial charge >= 0.3 is 0 Å². The van der Waals surface area contributed by atoms with Crippen molar-refractivity contribution < 1.29 is 22.3 Å². The van der Waals surface area contributed by atoms with Gasteiger partial charge in [0.05, 0.1) is 28.9 Å². The Hall–Kier alpha value is -2.85. The van der Waals surface area contributed by atoms with E-state index in [0.29, 0.717) is 23.1 Å². The fourth-order valence-electron chi connectivity index (χ4n) is 5.35. The molecule has 39 heavy (non-hydrogen) atoms. The summed E-state index contributed by atoms with van der Waals surface area (Å²) in [5, 5.41) is 3.71. The zero-order valence-electron chi connectivity index (χ0n) is 22.6. The number of nitrogens with one attached hydrogen (secondary N) is 1. The first-order valence-electron chi connectivity index (χ1n) is 12.7. The summed E-state index contributed by atoms with van der Waals surface area (Å²) in [4.78, 5) is 13.7. The highest BCUT2D eigenvalue weighted by Gasteiger charge is 2.38. The molecule has 1 amide bonds. The lowest BCUT2D eigenvalue weighted by Gasteiger charge is -2.23. The minimum Gasteiger partial charge on any atom is -0.347 e. The first kappa shape index (κ1) is 29.1. The van der Waals surface area contributed by atoms with Crippen molar-refractivity contribution in [3.8, 4) is 0 Å². The highest BCUT2D eigenvalue weighted by Crippen LogP contribution is 2.47. The lowest BCUT2D eigenvalue weighted by atomic mass is 9.83. The Kier molecular flexibility index (Phi) is 8.19. The number of carbonyl (C=O) groups excluding carboxylic acids is 1. The normalized spacial score (nSPS) is 16.0. The van der Waals surface area contributed by atoms with Gasteiger partial charge in [-0.2, -0.15) is 8.42 Å². The number of carbonyl (C=O) groups is 1. The quantitative estimate of drug-likeness (QED) is 0.254. The number of amides is 1. The molecule has 4 rings (SSSR count). The van der Waals surface area contributed by atoms with Crippen molar-refractivity contribution in [3.05, 3.63) is 69.6 Å². The summed E-state index contributed by atoms with van der Waals surface area (Å²) in [7, 11) is -2.06. The maximum atomic E-state index is 11.6. The third-order valence-corrected chi connectivity index (χ3v) is 8.63. The molecule has 0 unspecified atom stereocenters. The van der Waals surface area contributed by atoms with Gasteiger partial charge in [0.1, 0.15) is 0 Å². The highest BCUT2D eigenvalue weighted by molar-refractivity contribution is 7.85. The second kappa shape index (κ2) is 11.0. The van der Waals surface area contributed by atoms with Crippen molar-refractivity contribution in [2.75, 3.05) is 23.0 Å². The molecule has 0 bridgehead atoms. The SMILES string of the molecule is CCn1c(/C=C/C=C2\N(C)c3ccc(NC(C)=O)cc3C2(C)C)[n+](CCCS(=O)(=O)O)c2cc(Cl)c(Cl)cc21. The van der Waals surface area contributed by atoms with E-state index < -0.39 is 10.1 Å². The van der Waals surface area contributed by atoms with E-state index in [4.69, 9.17) is 23.2 Å². The van der Waals surface area contributed by atoms with Crippen LogP contribution in [0, 0.1) is 0 Å². The first-order chi connectivity index (χ1) is 18.2. The van der Waals surface area contributed by atoms with Crippen LogP contribution in [0.3, 0.4) is 0 Å². The molecule has 208 valence electrons. The second-order valence-corrected chi connectivity index (χ2v) is 12.5. The zero-order valence-corrected chi connectivity index (χ0v) is 25.0. The fourth-order valence-corrected chi connectivity index (χ4v) is 6.16. The molecular weight excluding hydrogens is 559 g/mol. The van der Waals surface area contributed by atoms with E-state index in [1.54, 1.807) is 6.07 Å². The van der Waals surface area contributed by atoms with Crippen LogP contribution in [0.2, 0.25) is 10.0 Å². The second-order valence-electron chi connectivity index (χ2n) is 10.2. The molecule has 0 saturated carbocycles. The van der Waals surface area contributed by atoms with E-state index in [2.05, 4.69) is 34.7 Å². The highest BCUT2D eigenvalue weighted by atomic mass is 35.5. The predicted molar refractivity (Wildman–Crippen MR) is 158 cm³/mol. The third kappa shape index (κ3) is 5.87. The number of aryl methyl sites for hydroxylation is 2. The number of hydrogen-bond donors (Lipinski definition) is 2. The van der Waals surface area contributed by atoms with E-state index in [1.807, 2.05) is 55.0 Å². The Morgan fingerprint density at radius 3 is 2.51 bits per heavy atom. The maximum Gasteiger partial charge on any atom is 0.282 e. The number of fused-ring (bicyclic) bond motifs is 2. The van der Waals surface area contributed by atoms with Gasteiger partial charge in [0.15, 0.2) is 11.0 Å². The Bertz CT molecular complexity index is 1620. The lowest BCUT2D eigenvalue weighted by Crippen LogP contribution is -2.37. The van der Waals surface area contributed by atoms with Gasteiger partial charge in [-0.3, -0.25) is 9.35 Å². The van der Waals surface area contributed by atoms with Crippen LogP contribution in [0.5, 0.6) is 0 Å². The number of imidazole rings is 1. The molecule has 0 spiro atoms. The zero-order chi connectivity index (χ0) is 28.7. The summed E-state index contributed by atoms with van der Waals surface area (Å²) in [5.41, 5.74) is 5.41. The number of likely N-dealkylation sites (N-methyl/N-ethyl adjacent to an activating group) is 1. The van der Waals surface area contributed by atoms with Crippen LogP contribution in [0.15, 0.2) is 48.2 Å². The summed E-state index contributed by atoms with van der Waals surface area (Å²) in [6.07, 6.45) is 6.27. The molecule has 2 heterocycles. The molecule has 0 atom stereocenters. The average molecular weight is 593 g/mol. The minimum absolute atomic E-state index is 0.114. The third-order valence-electron chi connectivity index (χ3n) is 7.11. The molecule has 0 fully saturated rings. The standard InChI is InChI=1S/C28H32Cl2N4O4S/c1-6-33-24-16-21(29)22(30)17-25(24)34(13-8-14-39(36,37)38)27(33)10-7-9-26-28(3,4)20-15-19(31-18(2)35)11-12-23(20)32(26)5/h7,9-12,15-17H,6,8,13-14H2,1-5H3,(H-,31,35,36,37,38)/p+1. The van der Waals surface area contributed by atoms with Crippen LogP contribution in [0.25, 0.3) is 17.1 Å². The number of rotatable bonds is 8. The van der Waals surface area contributed by atoms with Gasteiger partial charge in [-0.25, -0.2) is 9.13 Å². The number of benzene rings is 2. The van der Waals surface area contributed by atoms with Crippen LogP contribution in [-0.4, -0.2) is 36.2 Å². The molecule has 0 radical (unpaired) electrons. The van der Waals surface area contributed by atoms with Crippen LogP contribution in [-0.2, 0) is 33.4 Å². The summed E-state index contributed by atoms with van der Waals surface area (Å²) < 4.78 is 36.1. The molecule has 11 heteroatoms. The van der Waals surface area contributed by atoms with Gasteiger partial charge in [0, 0.05) is 61.1 Å². The summed E-state index contributed by atoms with van der Waals surface area (Å²) >= 11 is 12.7. The average Bonchev–Trinajstić information content (AvgIpc) is 3.21. The van der Waals surface area contributed by atoms with Crippen LogP contribution in [0.4, 0.5) is 11.4 Å². The molecule has 0 saturated heterocycles. The van der Waals surface area contributed by atoms with Crippen molar-refractivity contribution in [2.45, 2.75) is 52.6 Å². The summed E-state index contributed by atoms with van der Waals surface area (Å²) in [5.74, 6) is 0.393. The van der Waals surface area contributed by atoms with Gasteiger partial charge in [-0.1, -0.05) is 43.1 Å². The molecule has 2 N–H and O–H groups in total. The number of anilines is 2. The van der Waals surface area contributed by atoms with Crippen molar-refractivity contribution in [3.63, 3.8) is 0 Å². The van der Waals surface area contributed by atoms with Gasteiger partial charge in [-0.05, 0) is 36.8 Å². The van der Waals surface area contributed by atoms with Crippen molar-refractivity contribution in [1.82, 2.24) is 4.57 Å². The van der Waals surface area contributed by atoms with Crippen LogP contribution < -0.4 is 14.8 Å². The van der Waals surface area contributed by atoms with E-state index in [-0.39, 0.29) is 23.5 Å². The lowest BCUT2D eigenvalue weighted by molar-refractivity contribution is -0.673. The minimum atomic E-state index is -4.08. The van der Waals surface area contributed by atoms with Crippen molar-refractivity contribution in [2.24, 2.45) is 0 Å². The topological polar surface area (TPSA) is 95.5 Å². The van der Waals surface area contributed by atoms with Gasteiger partial charge in [0.2, 0.25) is 5.91 Å². The number of nitrogens with zero attached hydrogens (tertiary/aromatic N) is 3.